The molecular weight excluding hydrogens is 246 g/mol. The predicted molar refractivity (Wildman–Crippen MR) is 75.5 cm³/mol. The van der Waals surface area contributed by atoms with E-state index in [-0.39, 0.29) is 24.5 Å². The Morgan fingerprint density at radius 1 is 1.50 bits per heavy atom. The van der Waals surface area contributed by atoms with Gasteiger partial charge in [0.15, 0.2) is 0 Å². The number of hydrogen-bond acceptors (Lipinski definition) is 3. The van der Waals surface area contributed by atoms with Gasteiger partial charge in [-0.05, 0) is 34.7 Å². The van der Waals surface area contributed by atoms with E-state index in [1.54, 1.807) is 11.3 Å². The molecule has 0 fully saturated rings. The topological polar surface area (TPSA) is 49.3 Å². The molecule has 0 saturated heterocycles. The largest absolute Gasteiger partial charge is 0.394 e. The molecule has 2 N–H and O–H groups in total. The second kappa shape index (κ2) is 7.54. The molecule has 1 aromatic rings. The molecule has 0 unspecified atom stereocenters. The predicted octanol–water partition coefficient (Wildman–Crippen LogP) is 2.97. The highest BCUT2D eigenvalue weighted by Crippen LogP contribution is 2.21. The summed E-state index contributed by atoms with van der Waals surface area (Å²) >= 11 is 1.57. The van der Waals surface area contributed by atoms with Gasteiger partial charge >= 0.3 is 0 Å². The first kappa shape index (κ1) is 15.2. The minimum atomic E-state index is -0.276. The van der Waals surface area contributed by atoms with Crippen molar-refractivity contribution in [1.29, 1.82) is 0 Å². The van der Waals surface area contributed by atoms with Crippen LogP contribution >= 0.6 is 11.3 Å². The van der Waals surface area contributed by atoms with E-state index < -0.39 is 0 Å². The second-order valence-electron chi connectivity index (χ2n) is 4.94. The maximum atomic E-state index is 12.2. The van der Waals surface area contributed by atoms with Crippen LogP contribution in [0.4, 0.5) is 0 Å². The second-order valence-corrected chi connectivity index (χ2v) is 5.72. The van der Waals surface area contributed by atoms with E-state index in [4.69, 9.17) is 0 Å². The summed E-state index contributed by atoms with van der Waals surface area (Å²) < 4.78 is 0. The number of carbonyl (C=O) groups excluding carboxylic acids is 1. The maximum Gasteiger partial charge on any atom is 0.223 e. The Morgan fingerprint density at radius 2 is 2.22 bits per heavy atom. The minimum absolute atomic E-state index is 0.0303. The van der Waals surface area contributed by atoms with Crippen LogP contribution in [0, 0.1) is 11.8 Å². The van der Waals surface area contributed by atoms with Gasteiger partial charge in [-0.2, -0.15) is 11.3 Å². The zero-order valence-electron chi connectivity index (χ0n) is 11.3. The number of thiophene rings is 1. The van der Waals surface area contributed by atoms with Gasteiger partial charge in [0.2, 0.25) is 5.91 Å². The number of carbonyl (C=O) groups is 1. The van der Waals surface area contributed by atoms with Crippen molar-refractivity contribution in [1.82, 2.24) is 5.32 Å². The molecule has 1 rings (SSSR count). The molecule has 3 nitrogen and oxygen atoms in total. The SMILES string of the molecule is CCC[C@H](C(=O)N[C@H](CO)c1ccsc1)C(C)C. The zero-order chi connectivity index (χ0) is 13.5. The van der Waals surface area contributed by atoms with Crippen molar-refractivity contribution in [3.8, 4) is 0 Å². The summed E-state index contributed by atoms with van der Waals surface area (Å²) in [6.07, 6.45) is 1.89. The smallest absolute Gasteiger partial charge is 0.223 e. The summed E-state index contributed by atoms with van der Waals surface area (Å²) in [6.45, 7) is 6.17. The fourth-order valence-corrected chi connectivity index (χ4v) is 2.78. The summed E-state index contributed by atoms with van der Waals surface area (Å²) in [6, 6.07) is 1.66. The third-order valence-electron chi connectivity index (χ3n) is 3.19. The summed E-state index contributed by atoms with van der Waals surface area (Å²) in [5, 5.41) is 16.3. The third kappa shape index (κ3) is 4.10. The molecule has 0 aliphatic heterocycles. The number of amides is 1. The van der Waals surface area contributed by atoms with E-state index in [1.165, 1.54) is 0 Å². The first-order valence-electron chi connectivity index (χ1n) is 6.53. The van der Waals surface area contributed by atoms with Gasteiger partial charge in [-0.15, -0.1) is 0 Å². The highest BCUT2D eigenvalue weighted by Gasteiger charge is 2.24. The lowest BCUT2D eigenvalue weighted by molar-refractivity contribution is -0.127. The van der Waals surface area contributed by atoms with Crippen LogP contribution in [0.15, 0.2) is 16.8 Å². The van der Waals surface area contributed by atoms with Crippen molar-refractivity contribution in [2.24, 2.45) is 11.8 Å². The normalized spacial score (nSPS) is 14.5. The number of rotatable bonds is 7. The molecule has 0 saturated carbocycles. The van der Waals surface area contributed by atoms with Crippen LogP contribution in [-0.2, 0) is 4.79 Å². The standard InChI is InChI=1S/C14H23NO2S/c1-4-5-12(10(2)3)14(17)15-13(8-16)11-6-7-18-9-11/h6-7,9-10,12-13,16H,4-5,8H2,1-3H3,(H,15,17)/t12-,13+/m0/s1. The molecule has 4 heteroatoms. The Kier molecular flexibility index (Phi) is 6.36. The molecular formula is C14H23NO2S. The van der Waals surface area contributed by atoms with Crippen LogP contribution in [0.1, 0.15) is 45.2 Å². The number of nitrogens with one attached hydrogen (secondary N) is 1. The van der Waals surface area contributed by atoms with E-state index >= 15 is 0 Å². The van der Waals surface area contributed by atoms with Gasteiger partial charge in [0, 0.05) is 5.92 Å². The van der Waals surface area contributed by atoms with Crippen molar-refractivity contribution in [3.05, 3.63) is 22.4 Å². The molecule has 18 heavy (non-hydrogen) atoms. The maximum absolute atomic E-state index is 12.2. The Bertz CT molecular complexity index is 349. The third-order valence-corrected chi connectivity index (χ3v) is 3.89. The molecule has 102 valence electrons. The Balaban J connectivity index is 2.66. The van der Waals surface area contributed by atoms with Gasteiger partial charge in [0.05, 0.1) is 12.6 Å². The van der Waals surface area contributed by atoms with Crippen LogP contribution in [0.5, 0.6) is 0 Å². The molecule has 0 radical (unpaired) electrons. The first-order valence-corrected chi connectivity index (χ1v) is 7.47. The van der Waals surface area contributed by atoms with Crippen LogP contribution in [0.25, 0.3) is 0 Å². The van der Waals surface area contributed by atoms with E-state index in [0.717, 1.165) is 18.4 Å². The van der Waals surface area contributed by atoms with Gasteiger partial charge in [-0.3, -0.25) is 4.79 Å². The lowest BCUT2D eigenvalue weighted by atomic mass is 9.90. The zero-order valence-corrected chi connectivity index (χ0v) is 12.2. The highest BCUT2D eigenvalue weighted by molar-refractivity contribution is 7.07. The minimum Gasteiger partial charge on any atom is -0.394 e. The molecule has 0 spiro atoms. The van der Waals surface area contributed by atoms with Crippen molar-refractivity contribution in [3.63, 3.8) is 0 Å². The lowest BCUT2D eigenvalue weighted by Gasteiger charge is -2.23. The molecule has 1 aromatic heterocycles. The number of hydrogen-bond donors (Lipinski definition) is 2. The van der Waals surface area contributed by atoms with E-state index in [0.29, 0.717) is 5.92 Å². The van der Waals surface area contributed by atoms with E-state index in [2.05, 4.69) is 26.1 Å². The van der Waals surface area contributed by atoms with Crippen molar-refractivity contribution < 1.29 is 9.90 Å². The molecule has 2 atom stereocenters. The fraction of sp³-hybridized carbons (Fsp3) is 0.643. The molecule has 1 amide bonds. The number of aliphatic hydroxyl groups is 1. The monoisotopic (exact) mass is 269 g/mol. The van der Waals surface area contributed by atoms with E-state index in [9.17, 15) is 9.90 Å². The van der Waals surface area contributed by atoms with Crippen LogP contribution in [-0.4, -0.2) is 17.6 Å². The van der Waals surface area contributed by atoms with Crippen molar-refractivity contribution in [2.45, 2.75) is 39.7 Å². The van der Waals surface area contributed by atoms with Crippen molar-refractivity contribution >= 4 is 17.2 Å². The van der Waals surface area contributed by atoms with E-state index in [1.807, 2.05) is 16.8 Å². The molecule has 0 aromatic carbocycles. The average molecular weight is 269 g/mol. The molecule has 1 heterocycles. The fourth-order valence-electron chi connectivity index (χ4n) is 2.06. The van der Waals surface area contributed by atoms with Crippen LogP contribution in [0.2, 0.25) is 0 Å². The molecule has 0 bridgehead atoms. The van der Waals surface area contributed by atoms with Crippen LogP contribution in [0.3, 0.4) is 0 Å². The number of aliphatic hydroxyl groups excluding tert-OH is 1. The Hall–Kier alpha value is -0.870. The van der Waals surface area contributed by atoms with Crippen LogP contribution < -0.4 is 5.32 Å². The molecule has 0 aliphatic rings. The van der Waals surface area contributed by atoms with Gasteiger partial charge < -0.3 is 10.4 Å². The summed E-state index contributed by atoms with van der Waals surface area (Å²) in [7, 11) is 0. The Morgan fingerprint density at radius 3 is 2.67 bits per heavy atom. The summed E-state index contributed by atoms with van der Waals surface area (Å²) in [4.78, 5) is 12.2. The average Bonchev–Trinajstić information content (AvgIpc) is 2.85. The van der Waals surface area contributed by atoms with Gasteiger partial charge in [-0.1, -0.05) is 27.2 Å². The van der Waals surface area contributed by atoms with Gasteiger partial charge in [0.1, 0.15) is 0 Å². The highest BCUT2D eigenvalue weighted by atomic mass is 32.1. The summed E-state index contributed by atoms with van der Waals surface area (Å²) in [5.41, 5.74) is 0.981. The van der Waals surface area contributed by atoms with Gasteiger partial charge in [0.25, 0.3) is 0 Å². The van der Waals surface area contributed by atoms with Gasteiger partial charge in [-0.25, -0.2) is 0 Å². The Labute approximate surface area is 113 Å². The first-order chi connectivity index (χ1) is 8.60. The lowest BCUT2D eigenvalue weighted by Crippen LogP contribution is -2.37. The molecule has 0 aliphatic carbocycles. The summed E-state index contributed by atoms with van der Waals surface area (Å²) in [5.74, 6) is 0.409. The van der Waals surface area contributed by atoms with Crippen molar-refractivity contribution in [2.75, 3.05) is 6.61 Å². The quantitative estimate of drug-likeness (QED) is 0.799.